The van der Waals surface area contributed by atoms with E-state index in [4.69, 9.17) is 42.3 Å². The van der Waals surface area contributed by atoms with Crippen molar-refractivity contribution in [1.29, 1.82) is 0 Å². The van der Waals surface area contributed by atoms with E-state index in [1.807, 2.05) is 0 Å². The Morgan fingerprint density at radius 3 is 1.40 bits per heavy atom. The number of ether oxygens (including phenoxy) is 4. The van der Waals surface area contributed by atoms with Crippen molar-refractivity contribution in [3.8, 4) is 0 Å². The first-order valence-electron chi connectivity index (χ1n) is 24.6. The Hall–Kier alpha value is -3.95. The van der Waals surface area contributed by atoms with Gasteiger partial charge in [0, 0.05) is 52.3 Å². The topological polar surface area (TPSA) is 293 Å². The maximum atomic E-state index is 12.6. The lowest BCUT2D eigenvalue weighted by Crippen LogP contribution is -2.51. The highest BCUT2D eigenvalue weighted by molar-refractivity contribution is 5.89. The number of carbonyl (C=O) groups excluding carboxylic acids is 7. The van der Waals surface area contributed by atoms with Crippen molar-refractivity contribution in [2.45, 2.75) is 109 Å². The SMILES string of the molecule is CCCCC[C@H](NC(=O)[C@H](CCCCNC(=O)CCCC(=O)NCCOCCOCC(=O)NCCOCCOCC(=O)NCCCC[C@H](NC)C(N)=O)NC)C(N)=O.[2HH].[2H][2H].[2H][2H].[2H][2H].[2H][2H]. The molecule has 0 aromatic rings. The molecule has 0 rings (SSSR count). The van der Waals surface area contributed by atoms with E-state index in [9.17, 15) is 33.6 Å². The average molecular weight is 851 g/mol. The molecule has 0 aromatic heterocycles. The Kier molecular flexibility index (Phi) is 30.1. The second kappa shape index (κ2) is 37.3. The summed E-state index contributed by atoms with van der Waals surface area (Å²) < 4.78 is 61.3. The smallest absolute Gasteiger partial charge is 0.246 e. The van der Waals surface area contributed by atoms with Crippen LogP contribution in [0.1, 0.15) is 104 Å². The second-order valence-electron chi connectivity index (χ2n) is 13.6. The van der Waals surface area contributed by atoms with E-state index >= 15 is 0 Å². The predicted octanol–water partition coefficient (Wildman–Crippen LogP) is -0.530. The quantitative estimate of drug-likeness (QED) is 0.0351. The number of amides is 7. The summed E-state index contributed by atoms with van der Waals surface area (Å²) >= 11 is 0. The Balaban J connectivity index is -0.000000975. The van der Waals surface area contributed by atoms with Crippen molar-refractivity contribution in [2.75, 3.05) is 93.1 Å². The molecule has 0 unspecified atom stereocenters. The lowest BCUT2D eigenvalue weighted by atomic mass is 10.1. The molecule has 0 bridgehead atoms. The molecule has 20 nitrogen and oxygen atoms in total. The van der Waals surface area contributed by atoms with E-state index in [1.165, 1.54) is 0 Å². The molecule has 0 aliphatic heterocycles. The number of hydrogen-bond donors (Lipinski definition) is 9. The van der Waals surface area contributed by atoms with Gasteiger partial charge < -0.3 is 67.6 Å². The van der Waals surface area contributed by atoms with E-state index in [0.29, 0.717) is 58.2 Å². The molecule has 0 aromatic carbocycles. The summed E-state index contributed by atoms with van der Waals surface area (Å²) in [7, 11) is 3.36. The fourth-order valence-corrected chi connectivity index (χ4v) is 5.38. The molecular formula is C38H83N9O11. The fourth-order valence-electron chi connectivity index (χ4n) is 5.38. The van der Waals surface area contributed by atoms with Gasteiger partial charge in [-0.15, -0.1) is 0 Å². The van der Waals surface area contributed by atoms with Crippen LogP contribution < -0.4 is 48.7 Å². The third-order valence-corrected chi connectivity index (χ3v) is 8.75. The second-order valence-corrected chi connectivity index (χ2v) is 13.6. The number of rotatable bonds is 40. The molecule has 0 heterocycles. The van der Waals surface area contributed by atoms with E-state index in [-0.39, 0.29) is 109 Å². The molecule has 0 fully saturated rings. The van der Waals surface area contributed by atoms with Gasteiger partial charge >= 0.3 is 0 Å². The summed E-state index contributed by atoms with van der Waals surface area (Å²) in [6.45, 7) is 4.83. The summed E-state index contributed by atoms with van der Waals surface area (Å²) in [5.74, 6) is -2.08. The van der Waals surface area contributed by atoms with Crippen LogP contribution >= 0.6 is 0 Å². The Labute approximate surface area is 357 Å². The molecule has 346 valence electrons. The molecular weight excluding hydrogens is 758 g/mol. The minimum atomic E-state index is -0.684. The Bertz CT molecular complexity index is 1200. The zero-order valence-corrected chi connectivity index (χ0v) is 35.1. The van der Waals surface area contributed by atoms with Gasteiger partial charge in [-0.1, -0.05) is 26.2 Å². The molecule has 0 spiro atoms. The normalized spacial score (nSPS) is 13.1. The fraction of sp³-hybridized carbons (Fsp3) is 0.816. The number of hydrogen-bond acceptors (Lipinski definition) is 13. The lowest BCUT2D eigenvalue weighted by molar-refractivity contribution is -0.128. The van der Waals surface area contributed by atoms with Crippen LogP contribution in [-0.2, 0) is 52.5 Å². The third kappa shape index (κ3) is 32.1. The van der Waals surface area contributed by atoms with Crippen LogP contribution in [0.3, 0.4) is 0 Å². The highest BCUT2D eigenvalue weighted by Gasteiger charge is 2.22. The van der Waals surface area contributed by atoms with E-state index < -0.39 is 23.9 Å². The highest BCUT2D eigenvalue weighted by atomic mass is 16.5. The number of likely N-dealkylation sites (N-methyl/N-ethyl adjacent to an activating group) is 2. The third-order valence-electron chi connectivity index (χ3n) is 8.75. The zero-order valence-electron chi connectivity index (χ0n) is 43.1. The molecule has 58 heavy (non-hydrogen) atoms. The van der Waals surface area contributed by atoms with Crippen LogP contribution in [-0.4, -0.2) is 153 Å². The average Bonchev–Trinajstić information content (AvgIpc) is 3.32. The number of carbonyl (C=O) groups is 7. The molecule has 0 aliphatic carbocycles. The van der Waals surface area contributed by atoms with E-state index in [2.05, 4.69) is 44.1 Å². The van der Waals surface area contributed by atoms with Crippen LogP contribution in [0.5, 0.6) is 0 Å². The van der Waals surface area contributed by atoms with Gasteiger partial charge in [-0.05, 0) is 65.5 Å². The highest BCUT2D eigenvalue weighted by Crippen LogP contribution is 2.06. The first kappa shape index (κ1) is 46.7. The Morgan fingerprint density at radius 1 is 0.500 bits per heavy atom. The van der Waals surface area contributed by atoms with Gasteiger partial charge in [0.1, 0.15) is 19.3 Å². The summed E-state index contributed by atoms with van der Waals surface area (Å²) in [4.78, 5) is 83.4. The molecule has 0 saturated heterocycles. The lowest BCUT2D eigenvalue weighted by Gasteiger charge is -2.20. The van der Waals surface area contributed by atoms with Crippen molar-refractivity contribution >= 4 is 41.4 Å². The first-order chi connectivity index (χ1) is 31.9. The minimum absolute atomic E-state index is 0. The number of unbranched alkanes of at least 4 members (excludes halogenated alkanes) is 4. The van der Waals surface area contributed by atoms with Gasteiger partial charge in [0.05, 0.1) is 51.7 Å². The maximum absolute atomic E-state index is 12.6. The van der Waals surface area contributed by atoms with Crippen LogP contribution in [0.4, 0.5) is 0 Å². The molecule has 0 saturated carbocycles. The molecule has 20 heteroatoms. The predicted molar refractivity (Wildman–Crippen MR) is 228 cm³/mol. The van der Waals surface area contributed by atoms with Crippen molar-refractivity contribution in [2.24, 2.45) is 11.5 Å². The standard InChI is InChI=1S/C38H73N9O11.5H2/c1-4-5-6-13-30(37(40)53)47-38(54)31(42-3)14-8-10-17-43-32(48)15-11-16-33(49)45-19-21-55-23-26-58-28-35(51)46-20-22-56-24-25-57-27-34(50)44-18-9-7-12-29(41-2)36(39)52;;;;;/h29-31,41-42H,4-28H2,1-3H3,(H2,39,52)(H2,40,53)(H,43,48)(H,44,50)(H,45,49)(H,46,51)(H,47,54);5*1H/t29-,30-,31-;;;;;/m0...../s1/i;4*1+1D;1+1. The number of primary amides is 2. The number of nitrogens with one attached hydrogen (secondary N) is 7. The largest absolute Gasteiger partial charge is 0.377 e. The van der Waals surface area contributed by atoms with Gasteiger partial charge in [0.2, 0.25) is 41.4 Å². The molecule has 11 N–H and O–H groups in total. The minimum Gasteiger partial charge on any atom is -0.377 e. The molecule has 3 atom stereocenters. The van der Waals surface area contributed by atoms with Crippen molar-refractivity contribution < 1.29 is 65.8 Å². The van der Waals surface area contributed by atoms with Crippen molar-refractivity contribution in [3.63, 3.8) is 0 Å². The van der Waals surface area contributed by atoms with Gasteiger partial charge in [0.25, 0.3) is 0 Å². The Morgan fingerprint density at radius 2 is 0.914 bits per heavy atom. The van der Waals surface area contributed by atoms with E-state index in [1.54, 1.807) is 14.1 Å². The van der Waals surface area contributed by atoms with Gasteiger partial charge in [-0.2, -0.15) is 0 Å². The molecule has 0 radical (unpaired) electrons. The van der Waals surface area contributed by atoms with Crippen LogP contribution in [0.2, 0.25) is 0 Å². The molecule has 7 amide bonds. The van der Waals surface area contributed by atoms with Gasteiger partial charge in [0.15, 0.2) is 0 Å². The zero-order chi connectivity index (χ0) is 51.2. The maximum Gasteiger partial charge on any atom is 0.246 e. The van der Waals surface area contributed by atoms with E-state index in [0.717, 1.165) is 32.1 Å². The van der Waals surface area contributed by atoms with Crippen molar-refractivity contribution in [3.05, 3.63) is 0 Å². The van der Waals surface area contributed by atoms with Crippen LogP contribution in [0.25, 0.3) is 0 Å². The first-order valence-corrected chi connectivity index (χ1v) is 20.6. The summed E-state index contributed by atoms with van der Waals surface area (Å²) in [6, 6.07) is -1.52. The number of nitrogens with two attached hydrogens (primary N) is 2. The summed E-state index contributed by atoms with van der Waals surface area (Å²) in [5, 5.41) is 19.5. The monoisotopic (exact) mass is 851 g/mol. The van der Waals surface area contributed by atoms with Gasteiger partial charge in [-0.25, -0.2) is 0 Å². The summed E-state index contributed by atoms with van der Waals surface area (Å²) in [5.41, 5.74) is 10.7. The van der Waals surface area contributed by atoms with Crippen molar-refractivity contribution in [1.82, 2.24) is 37.2 Å². The van der Waals surface area contributed by atoms with Crippen LogP contribution in [0, 0.1) is 0 Å². The summed E-state index contributed by atoms with van der Waals surface area (Å²) in [6.07, 6.45) is 8.09. The van der Waals surface area contributed by atoms with Crippen LogP contribution in [0.15, 0.2) is 0 Å². The molecule has 0 aliphatic rings. The van der Waals surface area contributed by atoms with Gasteiger partial charge in [-0.3, -0.25) is 33.6 Å².